The van der Waals surface area contributed by atoms with Crippen LogP contribution in [0.4, 0.5) is 5.69 Å². The van der Waals surface area contributed by atoms with E-state index in [1.165, 1.54) is 0 Å². The fourth-order valence-electron chi connectivity index (χ4n) is 2.79. The van der Waals surface area contributed by atoms with Gasteiger partial charge < -0.3 is 25.4 Å². The molecule has 3 N–H and O–H groups in total. The van der Waals surface area contributed by atoms with E-state index in [4.69, 9.17) is 9.47 Å². The van der Waals surface area contributed by atoms with E-state index in [1.807, 2.05) is 83.1 Å². The highest BCUT2D eigenvalue weighted by Gasteiger charge is 2.14. The van der Waals surface area contributed by atoms with Gasteiger partial charge in [0.15, 0.2) is 5.96 Å². The number of para-hydroxylation sites is 1. The van der Waals surface area contributed by atoms with Crippen molar-refractivity contribution in [3.05, 3.63) is 54.1 Å². The molecule has 0 atom stereocenters. The summed E-state index contributed by atoms with van der Waals surface area (Å²) in [5, 5.41) is 9.28. The zero-order valence-electron chi connectivity index (χ0n) is 19.3. The van der Waals surface area contributed by atoms with Gasteiger partial charge in [0.2, 0.25) is 5.91 Å². The molecule has 0 aliphatic carbocycles. The number of hydrogen-bond donors (Lipinski definition) is 3. The van der Waals surface area contributed by atoms with Crippen LogP contribution in [0.15, 0.2) is 53.5 Å². The van der Waals surface area contributed by atoms with Gasteiger partial charge in [0, 0.05) is 16.8 Å². The van der Waals surface area contributed by atoms with E-state index < -0.39 is 0 Å². The van der Waals surface area contributed by atoms with E-state index >= 15 is 0 Å². The Labute approximate surface area is 185 Å². The zero-order valence-corrected chi connectivity index (χ0v) is 19.3. The highest BCUT2D eigenvalue weighted by Crippen LogP contribution is 2.19. The smallest absolute Gasteiger partial charge is 0.239 e. The summed E-state index contributed by atoms with van der Waals surface area (Å²) in [6.07, 6.45) is 0.111. The van der Waals surface area contributed by atoms with Crippen molar-refractivity contribution >= 4 is 17.6 Å². The third-order valence-electron chi connectivity index (χ3n) is 4.02. The Hall–Kier alpha value is -3.22. The van der Waals surface area contributed by atoms with E-state index in [0.717, 1.165) is 22.7 Å². The molecular formula is C24H34N4O3. The van der Waals surface area contributed by atoms with Crippen molar-refractivity contribution < 1.29 is 14.3 Å². The van der Waals surface area contributed by atoms with Crippen LogP contribution < -0.4 is 25.4 Å². The fraction of sp³-hybridized carbons (Fsp3) is 0.417. The maximum atomic E-state index is 12.2. The van der Waals surface area contributed by atoms with Crippen molar-refractivity contribution in [2.24, 2.45) is 4.99 Å². The fourth-order valence-corrected chi connectivity index (χ4v) is 2.79. The average Bonchev–Trinajstić information content (AvgIpc) is 2.70. The SMILES string of the molecule is COc1ccccc1CN=C(NCC(=O)NC(C)(C)C)Nc1ccc(OC(C)C)cc1. The molecule has 2 aromatic rings. The number of hydrogen-bond acceptors (Lipinski definition) is 4. The molecule has 0 radical (unpaired) electrons. The van der Waals surface area contributed by atoms with Crippen LogP contribution in [0.25, 0.3) is 0 Å². The first-order chi connectivity index (χ1) is 14.7. The molecule has 2 aromatic carbocycles. The number of nitrogens with zero attached hydrogens (tertiary/aromatic N) is 1. The first-order valence-corrected chi connectivity index (χ1v) is 10.4. The van der Waals surface area contributed by atoms with Crippen LogP contribution in [-0.2, 0) is 11.3 Å². The number of carbonyl (C=O) groups is 1. The quantitative estimate of drug-likeness (QED) is 0.440. The number of ether oxygens (including phenoxy) is 2. The van der Waals surface area contributed by atoms with Gasteiger partial charge in [0.25, 0.3) is 0 Å². The summed E-state index contributed by atoms with van der Waals surface area (Å²) in [7, 11) is 1.64. The largest absolute Gasteiger partial charge is 0.496 e. The van der Waals surface area contributed by atoms with Crippen LogP contribution in [0.3, 0.4) is 0 Å². The van der Waals surface area contributed by atoms with Gasteiger partial charge in [-0.15, -0.1) is 0 Å². The molecule has 0 aliphatic heterocycles. The highest BCUT2D eigenvalue weighted by atomic mass is 16.5. The van der Waals surface area contributed by atoms with E-state index in [0.29, 0.717) is 12.5 Å². The van der Waals surface area contributed by atoms with Gasteiger partial charge in [0.1, 0.15) is 11.5 Å². The van der Waals surface area contributed by atoms with E-state index in [2.05, 4.69) is 20.9 Å². The minimum Gasteiger partial charge on any atom is -0.496 e. The van der Waals surface area contributed by atoms with Crippen molar-refractivity contribution in [3.63, 3.8) is 0 Å². The maximum Gasteiger partial charge on any atom is 0.239 e. The molecule has 2 rings (SSSR count). The minimum absolute atomic E-state index is 0.101. The lowest BCUT2D eigenvalue weighted by Crippen LogP contribution is -2.46. The number of aliphatic imine (C=N–C) groups is 1. The van der Waals surface area contributed by atoms with E-state index in [-0.39, 0.29) is 24.1 Å². The van der Waals surface area contributed by atoms with Gasteiger partial charge in [-0.25, -0.2) is 4.99 Å². The monoisotopic (exact) mass is 426 g/mol. The summed E-state index contributed by atoms with van der Waals surface area (Å²) in [5.74, 6) is 1.95. The molecule has 0 saturated heterocycles. The Morgan fingerprint density at radius 1 is 1.06 bits per heavy atom. The van der Waals surface area contributed by atoms with E-state index in [9.17, 15) is 4.79 Å². The summed E-state index contributed by atoms with van der Waals surface area (Å²) in [5.41, 5.74) is 1.48. The van der Waals surface area contributed by atoms with Crippen molar-refractivity contribution in [2.75, 3.05) is 19.0 Å². The number of guanidine groups is 1. The first kappa shape index (κ1) is 24.1. The summed E-state index contributed by atoms with van der Waals surface area (Å²) in [6, 6.07) is 15.3. The molecule has 7 heteroatoms. The van der Waals surface area contributed by atoms with Gasteiger partial charge >= 0.3 is 0 Å². The second kappa shape index (κ2) is 11.2. The van der Waals surface area contributed by atoms with Crippen molar-refractivity contribution in [1.29, 1.82) is 0 Å². The number of nitrogens with one attached hydrogen (secondary N) is 3. The van der Waals surface area contributed by atoms with E-state index in [1.54, 1.807) is 7.11 Å². The lowest BCUT2D eigenvalue weighted by atomic mass is 10.1. The predicted molar refractivity (Wildman–Crippen MR) is 126 cm³/mol. The predicted octanol–water partition coefficient (Wildman–Crippen LogP) is 3.95. The molecule has 0 aromatic heterocycles. The summed E-state index contributed by atoms with van der Waals surface area (Å²) >= 11 is 0. The highest BCUT2D eigenvalue weighted by molar-refractivity contribution is 5.96. The molecule has 0 heterocycles. The second-order valence-electron chi connectivity index (χ2n) is 8.44. The first-order valence-electron chi connectivity index (χ1n) is 10.4. The molecule has 0 unspecified atom stereocenters. The molecule has 1 amide bonds. The number of rotatable bonds is 8. The topological polar surface area (TPSA) is 84.0 Å². The molecule has 31 heavy (non-hydrogen) atoms. The van der Waals surface area contributed by atoms with Crippen molar-refractivity contribution in [2.45, 2.75) is 52.8 Å². The lowest BCUT2D eigenvalue weighted by molar-refractivity contribution is -0.121. The number of anilines is 1. The standard InChI is InChI=1S/C24H34N4O3/c1-17(2)31-20-13-11-19(12-14-20)27-23(26-16-22(29)28-24(3,4)5)25-15-18-9-7-8-10-21(18)30-6/h7-14,17H,15-16H2,1-6H3,(H,28,29)(H2,25,26,27). The Morgan fingerprint density at radius 3 is 2.35 bits per heavy atom. The van der Waals surface area contributed by atoms with Gasteiger partial charge in [-0.2, -0.15) is 0 Å². The van der Waals surface area contributed by atoms with Gasteiger partial charge in [-0.3, -0.25) is 4.79 Å². The Kier molecular flexibility index (Phi) is 8.73. The Bertz CT molecular complexity index is 871. The second-order valence-corrected chi connectivity index (χ2v) is 8.44. The summed E-state index contributed by atoms with van der Waals surface area (Å²) in [4.78, 5) is 16.9. The molecule has 7 nitrogen and oxygen atoms in total. The molecule has 0 fully saturated rings. The van der Waals surface area contributed by atoms with Crippen LogP contribution in [0.5, 0.6) is 11.5 Å². The lowest BCUT2D eigenvalue weighted by Gasteiger charge is -2.21. The van der Waals surface area contributed by atoms with Crippen LogP contribution in [0.2, 0.25) is 0 Å². The van der Waals surface area contributed by atoms with Crippen LogP contribution >= 0.6 is 0 Å². The number of benzene rings is 2. The molecular weight excluding hydrogens is 392 g/mol. The molecule has 168 valence electrons. The zero-order chi connectivity index (χ0) is 22.9. The van der Waals surface area contributed by atoms with Gasteiger partial charge in [0.05, 0.1) is 26.3 Å². The van der Waals surface area contributed by atoms with Crippen molar-refractivity contribution in [3.8, 4) is 11.5 Å². The van der Waals surface area contributed by atoms with Crippen LogP contribution in [-0.4, -0.2) is 37.2 Å². The Balaban J connectivity index is 2.13. The Morgan fingerprint density at radius 2 is 1.74 bits per heavy atom. The van der Waals surface area contributed by atoms with Crippen LogP contribution in [0, 0.1) is 0 Å². The third kappa shape index (κ3) is 8.99. The van der Waals surface area contributed by atoms with Crippen molar-refractivity contribution in [1.82, 2.24) is 10.6 Å². The maximum absolute atomic E-state index is 12.2. The van der Waals surface area contributed by atoms with Gasteiger partial charge in [-0.1, -0.05) is 18.2 Å². The normalized spacial score (nSPS) is 11.8. The van der Waals surface area contributed by atoms with Crippen LogP contribution in [0.1, 0.15) is 40.2 Å². The minimum atomic E-state index is -0.298. The summed E-state index contributed by atoms with van der Waals surface area (Å²) in [6.45, 7) is 10.3. The number of methoxy groups -OCH3 is 1. The number of amides is 1. The molecule has 0 saturated carbocycles. The van der Waals surface area contributed by atoms with Gasteiger partial charge in [-0.05, 0) is 65.0 Å². The average molecular weight is 427 g/mol. The molecule has 0 aliphatic rings. The third-order valence-corrected chi connectivity index (χ3v) is 4.02. The number of carbonyl (C=O) groups excluding carboxylic acids is 1. The molecule has 0 bridgehead atoms. The summed E-state index contributed by atoms with van der Waals surface area (Å²) < 4.78 is 11.1. The molecule has 0 spiro atoms.